The van der Waals surface area contributed by atoms with Crippen LogP contribution in [0.4, 0.5) is 5.69 Å². The maximum absolute atomic E-state index is 12.4. The number of carbonyl (C=O) groups excluding carboxylic acids is 2. The SMILES string of the molecule is COc1ccccc1CCNC(=O)c1ccc2c(c1)C(C)(C)C(=O)N2. The fourth-order valence-electron chi connectivity index (χ4n) is 3.03. The number of hydrogen-bond donors (Lipinski definition) is 2. The van der Waals surface area contributed by atoms with Gasteiger partial charge in [0.05, 0.1) is 12.5 Å². The summed E-state index contributed by atoms with van der Waals surface area (Å²) in [5.74, 6) is 0.629. The van der Waals surface area contributed by atoms with Crippen LogP contribution in [0.5, 0.6) is 5.75 Å². The van der Waals surface area contributed by atoms with E-state index in [9.17, 15) is 9.59 Å². The Labute approximate surface area is 147 Å². The third kappa shape index (κ3) is 3.22. The maximum Gasteiger partial charge on any atom is 0.251 e. The highest BCUT2D eigenvalue weighted by molar-refractivity contribution is 6.07. The normalized spacial score (nSPS) is 14.6. The molecule has 0 fully saturated rings. The summed E-state index contributed by atoms with van der Waals surface area (Å²) in [5, 5.41) is 5.78. The first-order chi connectivity index (χ1) is 11.9. The number of methoxy groups -OCH3 is 1. The molecule has 0 saturated heterocycles. The van der Waals surface area contributed by atoms with E-state index < -0.39 is 5.41 Å². The molecule has 0 aliphatic carbocycles. The monoisotopic (exact) mass is 338 g/mol. The van der Waals surface area contributed by atoms with Crippen LogP contribution >= 0.6 is 0 Å². The van der Waals surface area contributed by atoms with Gasteiger partial charge in [-0.05, 0) is 55.7 Å². The lowest BCUT2D eigenvalue weighted by Gasteiger charge is -2.15. The molecule has 0 radical (unpaired) electrons. The summed E-state index contributed by atoms with van der Waals surface area (Å²) in [6.45, 7) is 4.23. The summed E-state index contributed by atoms with van der Waals surface area (Å²) in [5.41, 5.74) is 2.62. The van der Waals surface area contributed by atoms with Crippen LogP contribution in [0.3, 0.4) is 0 Å². The predicted octanol–water partition coefficient (Wildman–Crippen LogP) is 2.90. The smallest absolute Gasteiger partial charge is 0.251 e. The number of amides is 2. The Morgan fingerprint density at radius 1 is 1.20 bits per heavy atom. The summed E-state index contributed by atoms with van der Waals surface area (Å²) in [4.78, 5) is 24.4. The number of nitrogens with one attached hydrogen (secondary N) is 2. The number of hydrogen-bond acceptors (Lipinski definition) is 3. The van der Waals surface area contributed by atoms with Crippen LogP contribution in [0.1, 0.15) is 35.3 Å². The molecule has 3 rings (SSSR count). The Morgan fingerprint density at radius 3 is 2.72 bits per heavy atom. The summed E-state index contributed by atoms with van der Waals surface area (Å²) >= 11 is 0. The van der Waals surface area contributed by atoms with Crippen molar-refractivity contribution in [3.8, 4) is 5.75 Å². The third-order valence-corrected chi connectivity index (χ3v) is 4.64. The molecule has 130 valence electrons. The van der Waals surface area contributed by atoms with Gasteiger partial charge in [0.15, 0.2) is 0 Å². The van der Waals surface area contributed by atoms with Crippen molar-refractivity contribution in [3.63, 3.8) is 0 Å². The molecule has 1 aliphatic heterocycles. The molecule has 0 spiro atoms. The van der Waals surface area contributed by atoms with Crippen molar-refractivity contribution in [2.75, 3.05) is 19.0 Å². The fraction of sp³-hybridized carbons (Fsp3) is 0.300. The highest BCUT2D eigenvalue weighted by Crippen LogP contribution is 2.37. The van der Waals surface area contributed by atoms with Crippen LogP contribution in [0.25, 0.3) is 0 Å². The molecule has 0 saturated carbocycles. The average molecular weight is 338 g/mol. The molecule has 5 nitrogen and oxygen atoms in total. The zero-order chi connectivity index (χ0) is 18.0. The molecule has 25 heavy (non-hydrogen) atoms. The van der Waals surface area contributed by atoms with E-state index in [0.29, 0.717) is 18.5 Å². The standard InChI is InChI=1S/C20H22N2O3/c1-20(2)15-12-14(8-9-16(15)22-19(20)24)18(23)21-11-10-13-6-4-5-7-17(13)25-3/h4-9,12H,10-11H2,1-3H3,(H,21,23)(H,22,24). The topological polar surface area (TPSA) is 67.4 Å². The van der Waals surface area contributed by atoms with Gasteiger partial charge in [-0.1, -0.05) is 18.2 Å². The van der Waals surface area contributed by atoms with E-state index in [4.69, 9.17) is 4.74 Å². The first kappa shape index (κ1) is 17.0. The number of ether oxygens (including phenoxy) is 1. The van der Waals surface area contributed by atoms with Crippen molar-refractivity contribution in [2.24, 2.45) is 0 Å². The molecule has 5 heteroatoms. The van der Waals surface area contributed by atoms with Crippen molar-refractivity contribution < 1.29 is 14.3 Å². The zero-order valence-electron chi connectivity index (χ0n) is 14.7. The zero-order valence-corrected chi connectivity index (χ0v) is 14.7. The second kappa shape index (κ2) is 6.59. The van der Waals surface area contributed by atoms with E-state index in [1.807, 2.05) is 38.1 Å². The Hall–Kier alpha value is -2.82. The predicted molar refractivity (Wildman–Crippen MR) is 97.1 cm³/mol. The summed E-state index contributed by atoms with van der Waals surface area (Å²) < 4.78 is 5.32. The molecule has 1 heterocycles. The highest BCUT2D eigenvalue weighted by Gasteiger charge is 2.38. The number of para-hydroxylation sites is 1. The number of anilines is 1. The van der Waals surface area contributed by atoms with Gasteiger partial charge in [0, 0.05) is 17.8 Å². The van der Waals surface area contributed by atoms with E-state index in [1.54, 1.807) is 25.3 Å². The van der Waals surface area contributed by atoms with Crippen LogP contribution in [0, 0.1) is 0 Å². The highest BCUT2D eigenvalue weighted by atomic mass is 16.5. The Bertz CT molecular complexity index is 827. The van der Waals surface area contributed by atoms with Gasteiger partial charge in [-0.25, -0.2) is 0 Å². The molecule has 0 bridgehead atoms. The lowest BCUT2D eigenvalue weighted by atomic mass is 9.85. The minimum absolute atomic E-state index is 0.0452. The summed E-state index contributed by atoms with van der Waals surface area (Å²) in [6.07, 6.45) is 0.687. The Morgan fingerprint density at radius 2 is 1.96 bits per heavy atom. The largest absolute Gasteiger partial charge is 0.496 e. The molecule has 0 aromatic heterocycles. The minimum atomic E-state index is -0.622. The molecule has 2 N–H and O–H groups in total. The Balaban J connectivity index is 1.67. The lowest BCUT2D eigenvalue weighted by Crippen LogP contribution is -2.28. The van der Waals surface area contributed by atoms with Gasteiger partial charge in [-0.15, -0.1) is 0 Å². The lowest BCUT2D eigenvalue weighted by molar-refractivity contribution is -0.119. The van der Waals surface area contributed by atoms with Gasteiger partial charge in [0.1, 0.15) is 5.75 Å². The van der Waals surface area contributed by atoms with Gasteiger partial charge in [-0.2, -0.15) is 0 Å². The quantitative estimate of drug-likeness (QED) is 0.881. The molecule has 2 aromatic carbocycles. The summed E-state index contributed by atoms with van der Waals surface area (Å²) in [6, 6.07) is 13.1. The van der Waals surface area contributed by atoms with Gasteiger partial charge < -0.3 is 15.4 Å². The maximum atomic E-state index is 12.4. The molecule has 2 amide bonds. The first-order valence-electron chi connectivity index (χ1n) is 8.29. The van der Waals surface area contributed by atoms with Gasteiger partial charge >= 0.3 is 0 Å². The van der Waals surface area contributed by atoms with E-state index >= 15 is 0 Å². The molecule has 1 aliphatic rings. The first-order valence-corrected chi connectivity index (χ1v) is 8.29. The number of fused-ring (bicyclic) bond motifs is 1. The fourth-order valence-corrected chi connectivity index (χ4v) is 3.03. The van der Waals surface area contributed by atoms with Crippen molar-refractivity contribution in [1.29, 1.82) is 0 Å². The van der Waals surface area contributed by atoms with E-state index in [2.05, 4.69) is 10.6 Å². The van der Waals surface area contributed by atoms with Crippen molar-refractivity contribution in [3.05, 3.63) is 59.2 Å². The Kier molecular flexibility index (Phi) is 4.49. The number of benzene rings is 2. The molecule has 2 aromatic rings. The van der Waals surface area contributed by atoms with E-state index in [1.165, 1.54) is 0 Å². The average Bonchev–Trinajstić information content (AvgIpc) is 2.84. The van der Waals surface area contributed by atoms with Gasteiger partial charge in [-0.3, -0.25) is 9.59 Å². The second-order valence-corrected chi connectivity index (χ2v) is 6.66. The molecular weight excluding hydrogens is 316 g/mol. The van der Waals surface area contributed by atoms with Crippen molar-refractivity contribution >= 4 is 17.5 Å². The van der Waals surface area contributed by atoms with E-state index in [-0.39, 0.29) is 11.8 Å². The van der Waals surface area contributed by atoms with Gasteiger partial charge in [0.2, 0.25) is 5.91 Å². The van der Waals surface area contributed by atoms with Gasteiger partial charge in [0.25, 0.3) is 5.91 Å². The van der Waals surface area contributed by atoms with Crippen molar-refractivity contribution in [1.82, 2.24) is 5.32 Å². The van der Waals surface area contributed by atoms with Crippen LogP contribution < -0.4 is 15.4 Å². The second-order valence-electron chi connectivity index (χ2n) is 6.66. The van der Waals surface area contributed by atoms with Crippen LogP contribution in [0.2, 0.25) is 0 Å². The minimum Gasteiger partial charge on any atom is -0.496 e. The number of rotatable bonds is 5. The van der Waals surface area contributed by atoms with E-state index in [0.717, 1.165) is 22.6 Å². The van der Waals surface area contributed by atoms with Crippen LogP contribution in [-0.2, 0) is 16.6 Å². The van der Waals surface area contributed by atoms with Crippen LogP contribution in [0.15, 0.2) is 42.5 Å². The number of carbonyl (C=O) groups is 2. The van der Waals surface area contributed by atoms with Crippen LogP contribution in [-0.4, -0.2) is 25.5 Å². The van der Waals surface area contributed by atoms with Crippen molar-refractivity contribution in [2.45, 2.75) is 25.7 Å². The molecule has 0 atom stereocenters. The summed E-state index contributed by atoms with van der Waals surface area (Å²) in [7, 11) is 1.64. The third-order valence-electron chi connectivity index (χ3n) is 4.64. The molecular formula is C20H22N2O3. The molecule has 0 unspecified atom stereocenters.